The van der Waals surface area contributed by atoms with Gasteiger partial charge in [0.2, 0.25) is 0 Å². The Kier molecular flexibility index (Phi) is 5.79. The van der Waals surface area contributed by atoms with Gasteiger partial charge in [0.25, 0.3) is 0 Å². The second-order valence-electron chi connectivity index (χ2n) is 4.93. The molecule has 3 heteroatoms. The molecule has 92 valence electrons. The maximum absolute atomic E-state index is 9.32. The molecule has 0 heterocycles. The summed E-state index contributed by atoms with van der Waals surface area (Å²) in [5.74, 6) is 0.802. The zero-order valence-corrected chi connectivity index (χ0v) is 10.3. The second kappa shape index (κ2) is 6.88. The highest BCUT2D eigenvalue weighted by molar-refractivity contribution is 5.08. The van der Waals surface area contributed by atoms with Crippen LogP contribution in [0, 0.1) is 17.2 Å². The quantitative estimate of drug-likeness (QED) is 0.704. The van der Waals surface area contributed by atoms with E-state index in [1.54, 1.807) is 0 Å². The molecule has 0 aliphatic heterocycles. The normalized spacial score (nSPS) is 30.7. The molecule has 3 nitrogen and oxygen atoms in total. The van der Waals surface area contributed by atoms with Crippen molar-refractivity contribution in [1.82, 2.24) is 5.32 Å². The molecule has 1 aliphatic rings. The van der Waals surface area contributed by atoms with Gasteiger partial charge >= 0.3 is 0 Å². The van der Waals surface area contributed by atoms with E-state index >= 15 is 0 Å². The number of nitrogens with zero attached hydrogens (tertiary/aromatic N) is 1. The van der Waals surface area contributed by atoms with Crippen LogP contribution in [0.4, 0.5) is 0 Å². The van der Waals surface area contributed by atoms with Crippen LogP contribution in [0.1, 0.15) is 51.9 Å². The molecule has 2 unspecified atom stereocenters. The SMILES string of the molecule is CCCC1CCCC(C#N)(NCCO)CC1. The number of nitriles is 1. The first-order valence-corrected chi connectivity index (χ1v) is 6.53. The van der Waals surface area contributed by atoms with Gasteiger partial charge in [-0.1, -0.05) is 32.6 Å². The molecule has 1 rings (SSSR count). The molecule has 2 atom stereocenters. The van der Waals surface area contributed by atoms with Crippen LogP contribution in [0.5, 0.6) is 0 Å². The Morgan fingerprint density at radius 2 is 2.25 bits per heavy atom. The van der Waals surface area contributed by atoms with Gasteiger partial charge in [-0.15, -0.1) is 0 Å². The Bertz CT molecular complexity index is 237. The van der Waals surface area contributed by atoms with Crippen LogP contribution >= 0.6 is 0 Å². The smallest absolute Gasteiger partial charge is 0.106 e. The molecule has 0 bridgehead atoms. The predicted molar refractivity (Wildman–Crippen MR) is 64.9 cm³/mol. The number of aliphatic hydroxyl groups excluding tert-OH is 1. The summed E-state index contributed by atoms with van der Waals surface area (Å²) >= 11 is 0. The molecular formula is C13H24N2O. The summed E-state index contributed by atoms with van der Waals surface area (Å²) < 4.78 is 0. The Labute approximate surface area is 98.8 Å². The third kappa shape index (κ3) is 3.77. The number of rotatable bonds is 5. The van der Waals surface area contributed by atoms with Crippen LogP contribution in [0.2, 0.25) is 0 Å². The van der Waals surface area contributed by atoms with E-state index in [4.69, 9.17) is 5.11 Å². The summed E-state index contributed by atoms with van der Waals surface area (Å²) in [5, 5.41) is 21.4. The lowest BCUT2D eigenvalue weighted by molar-refractivity contribution is 0.262. The highest BCUT2D eigenvalue weighted by Gasteiger charge is 2.32. The first-order chi connectivity index (χ1) is 7.76. The monoisotopic (exact) mass is 224 g/mol. The van der Waals surface area contributed by atoms with E-state index in [0.29, 0.717) is 6.54 Å². The van der Waals surface area contributed by atoms with E-state index in [9.17, 15) is 5.26 Å². The highest BCUT2D eigenvalue weighted by atomic mass is 16.3. The molecule has 1 saturated carbocycles. The lowest BCUT2D eigenvalue weighted by atomic mass is 9.90. The summed E-state index contributed by atoms with van der Waals surface area (Å²) in [6.07, 6.45) is 7.96. The van der Waals surface area contributed by atoms with E-state index in [0.717, 1.165) is 31.6 Å². The van der Waals surface area contributed by atoms with Crippen LogP contribution in [0.3, 0.4) is 0 Å². The van der Waals surface area contributed by atoms with Crippen LogP contribution in [0.25, 0.3) is 0 Å². The largest absolute Gasteiger partial charge is 0.395 e. The summed E-state index contributed by atoms with van der Waals surface area (Å²) in [5.41, 5.74) is -0.370. The molecule has 0 aromatic rings. The standard InChI is InChI=1S/C13H24N2O/c1-2-4-12-5-3-7-13(11-14,8-6-12)15-9-10-16/h12,15-16H,2-10H2,1H3. The first-order valence-electron chi connectivity index (χ1n) is 6.53. The highest BCUT2D eigenvalue weighted by Crippen LogP contribution is 2.32. The summed E-state index contributed by atoms with van der Waals surface area (Å²) in [4.78, 5) is 0. The minimum absolute atomic E-state index is 0.113. The Hall–Kier alpha value is -0.590. The Morgan fingerprint density at radius 1 is 1.44 bits per heavy atom. The van der Waals surface area contributed by atoms with Gasteiger partial charge in [0.1, 0.15) is 5.54 Å². The molecule has 0 amide bonds. The topological polar surface area (TPSA) is 56.0 Å². The van der Waals surface area contributed by atoms with Gasteiger partial charge in [0, 0.05) is 6.54 Å². The van der Waals surface area contributed by atoms with Crippen molar-refractivity contribution in [3.05, 3.63) is 0 Å². The number of nitrogens with one attached hydrogen (secondary N) is 1. The third-order valence-electron chi connectivity index (χ3n) is 3.68. The van der Waals surface area contributed by atoms with Crippen molar-refractivity contribution in [2.45, 2.75) is 57.4 Å². The van der Waals surface area contributed by atoms with Gasteiger partial charge in [0.05, 0.1) is 12.7 Å². The van der Waals surface area contributed by atoms with Crippen molar-refractivity contribution >= 4 is 0 Å². The maximum Gasteiger partial charge on any atom is 0.106 e. The van der Waals surface area contributed by atoms with Gasteiger partial charge in [-0.3, -0.25) is 5.32 Å². The molecule has 0 aromatic carbocycles. The fraction of sp³-hybridized carbons (Fsp3) is 0.923. The summed E-state index contributed by atoms with van der Waals surface area (Å²) in [6, 6.07) is 2.43. The molecule has 1 fully saturated rings. The lowest BCUT2D eigenvalue weighted by Gasteiger charge is -2.26. The zero-order valence-electron chi connectivity index (χ0n) is 10.3. The van der Waals surface area contributed by atoms with Crippen molar-refractivity contribution in [1.29, 1.82) is 5.26 Å². The zero-order chi connectivity index (χ0) is 11.9. The average Bonchev–Trinajstić information content (AvgIpc) is 2.51. The Balaban J connectivity index is 2.51. The van der Waals surface area contributed by atoms with E-state index in [1.807, 2.05) is 0 Å². The third-order valence-corrected chi connectivity index (χ3v) is 3.68. The molecule has 16 heavy (non-hydrogen) atoms. The number of aliphatic hydroxyl groups is 1. The summed E-state index contributed by atoms with van der Waals surface area (Å²) in [6.45, 7) is 2.88. The van der Waals surface area contributed by atoms with E-state index < -0.39 is 0 Å². The van der Waals surface area contributed by atoms with Crippen molar-refractivity contribution < 1.29 is 5.11 Å². The van der Waals surface area contributed by atoms with Crippen molar-refractivity contribution in [3.8, 4) is 6.07 Å². The van der Waals surface area contributed by atoms with Crippen molar-refractivity contribution in [3.63, 3.8) is 0 Å². The predicted octanol–water partition coefficient (Wildman–Crippen LogP) is 2.21. The number of hydrogen-bond donors (Lipinski definition) is 2. The van der Waals surface area contributed by atoms with Crippen LogP contribution in [-0.4, -0.2) is 23.8 Å². The Morgan fingerprint density at radius 3 is 2.88 bits per heavy atom. The van der Waals surface area contributed by atoms with Crippen LogP contribution < -0.4 is 5.32 Å². The van der Waals surface area contributed by atoms with Gasteiger partial charge < -0.3 is 5.11 Å². The van der Waals surface area contributed by atoms with Gasteiger partial charge in [0.15, 0.2) is 0 Å². The molecule has 0 spiro atoms. The van der Waals surface area contributed by atoms with Crippen LogP contribution in [0.15, 0.2) is 0 Å². The molecular weight excluding hydrogens is 200 g/mol. The minimum atomic E-state index is -0.370. The van der Waals surface area contributed by atoms with E-state index in [2.05, 4.69) is 18.3 Å². The van der Waals surface area contributed by atoms with E-state index in [1.165, 1.54) is 19.3 Å². The maximum atomic E-state index is 9.32. The molecule has 1 aliphatic carbocycles. The fourth-order valence-corrected chi connectivity index (χ4v) is 2.73. The van der Waals surface area contributed by atoms with E-state index in [-0.39, 0.29) is 12.1 Å². The van der Waals surface area contributed by atoms with Gasteiger partial charge in [-0.2, -0.15) is 5.26 Å². The summed E-state index contributed by atoms with van der Waals surface area (Å²) in [7, 11) is 0. The molecule has 0 aromatic heterocycles. The lowest BCUT2D eigenvalue weighted by Crippen LogP contribution is -2.44. The number of hydrogen-bond acceptors (Lipinski definition) is 3. The minimum Gasteiger partial charge on any atom is -0.395 e. The fourth-order valence-electron chi connectivity index (χ4n) is 2.73. The first kappa shape index (κ1) is 13.5. The second-order valence-corrected chi connectivity index (χ2v) is 4.93. The average molecular weight is 224 g/mol. The van der Waals surface area contributed by atoms with Gasteiger partial charge in [-0.25, -0.2) is 0 Å². The molecule has 0 saturated heterocycles. The van der Waals surface area contributed by atoms with Crippen molar-refractivity contribution in [2.24, 2.45) is 5.92 Å². The van der Waals surface area contributed by atoms with Crippen molar-refractivity contribution in [2.75, 3.05) is 13.2 Å². The van der Waals surface area contributed by atoms with Gasteiger partial charge in [-0.05, 0) is 25.2 Å². The van der Waals surface area contributed by atoms with Crippen LogP contribution in [-0.2, 0) is 0 Å². The molecule has 2 N–H and O–H groups in total. The number of β-amino-alcohol motifs (C(OH)–C–C–N with tert-alkyl or cyclic N) is 1. The molecule has 0 radical (unpaired) electrons.